The van der Waals surface area contributed by atoms with Crippen molar-refractivity contribution >= 4 is 21.6 Å². The number of hydrogen-bond acceptors (Lipinski definition) is 10. The molecule has 0 radical (unpaired) electrons. The Hall–Kier alpha value is -3.70. The molecule has 3 rings (SSSR count). The molecule has 1 amide bonds. The van der Waals surface area contributed by atoms with E-state index in [-0.39, 0.29) is 43.8 Å². The number of allylic oxidation sites excluding steroid dienone is 1. The van der Waals surface area contributed by atoms with Crippen LogP contribution in [0.1, 0.15) is 94.2 Å². The van der Waals surface area contributed by atoms with Crippen LogP contribution in [0.4, 0.5) is 0 Å². The van der Waals surface area contributed by atoms with Gasteiger partial charge in [-0.15, -0.1) is 6.42 Å². The molecule has 0 aliphatic carbocycles. The lowest BCUT2D eigenvalue weighted by Crippen LogP contribution is -2.39. The van der Waals surface area contributed by atoms with E-state index < -0.39 is 21.8 Å². The SMILES string of the molecule is C#CCOCC(O)COc1ccc(C(=C(C)C)c2ccc(OCC(C)CO)cc2)cc1.C=CC(=O)NC(C)(C)C.CC(C)(C)N1CC1.CC(C)(C)OS(C)(=O)=O. The summed E-state index contributed by atoms with van der Waals surface area (Å²) in [6, 6.07) is 15.8. The van der Waals surface area contributed by atoms with Gasteiger partial charge in [-0.05, 0) is 123 Å². The van der Waals surface area contributed by atoms with Gasteiger partial charge >= 0.3 is 0 Å². The smallest absolute Gasteiger partial charge is 0.264 e. The molecule has 0 spiro atoms. The molecule has 0 aromatic heterocycles. The molecule has 1 fully saturated rings. The fourth-order valence-corrected chi connectivity index (χ4v) is 5.47. The first-order chi connectivity index (χ1) is 25.7. The van der Waals surface area contributed by atoms with Gasteiger partial charge in [-0.3, -0.25) is 13.9 Å². The molecule has 2 aromatic carbocycles. The van der Waals surface area contributed by atoms with Crippen LogP contribution in [0.3, 0.4) is 0 Å². The van der Waals surface area contributed by atoms with Gasteiger partial charge in [-0.2, -0.15) is 8.42 Å². The minimum Gasteiger partial charge on any atom is -0.493 e. The predicted octanol–water partition coefficient (Wildman–Crippen LogP) is 6.87. The lowest BCUT2D eigenvalue weighted by molar-refractivity contribution is -0.117. The van der Waals surface area contributed by atoms with E-state index >= 15 is 0 Å². The fraction of sp³-hybridized carbons (Fsp3) is 0.568. The van der Waals surface area contributed by atoms with Crippen molar-refractivity contribution in [3.8, 4) is 23.8 Å². The van der Waals surface area contributed by atoms with Crippen molar-refractivity contribution in [2.75, 3.05) is 52.4 Å². The van der Waals surface area contributed by atoms with Crippen LogP contribution in [-0.2, 0) is 23.8 Å². The average Bonchev–Trinajstić information content (AvgIpc) is 3.93. The minimum absolute atomic E-state index is 0.102. The van der Waals surface area contributed by atoms with E-state index in [1.807, 2.05) is 76.2 Å². The Labute approximate surface area is 338 Å². The molecule has 2 unspecified atom stereocenters. The lowest BCUT2D eigenvalue weighted by atomic mass is 9.94. The van der Waals surface area contributed by atoms with Gasteiger partial charge in [0.2, 0.25) is 5.91 Å². The number of hydrogen-bond donors (Lipinski definition) is 3. The van der Waals surface area contributed by atoms with E-state index in [0.29, 0.717) is 17.9 Å². The number of nitrogens with one attached hydrogen (secondary N) is 1. The van der Waals surface area contributed by atoms with Crippen LogP contribution < -0.4 is 14.8 Å². The molecular weight excluding hydrogens is 733 g/mol. The molecule has 11 nitrogen and oxygen atoms in total. The highest BCUT2D eigenvalue weighted by atomic mass is 32.2. The summed E-state index contributed by atoms with van der Waals surface area (Å²) < 4.78 is 41.9. The maximum Gasteiger partial charge on any atom is 0.264 e. The number of nitrogens with zero attached hydrogens (tertiary/aromatic N) is 1. The summed E-state index contributed by atoms with van der Waals surface area (Å²) in [7, 11) is -3.28. The van der Waals surface area contributed by atoms with Crippen molar-refractivity contribution in [1.29, 1.82) is 0 Å². The molecule has 12 heteroatoms. The Morgan fingerprint density at radius 1 is 0.911 bits per heavy atom. The van der Waals surface area contributed by atoms with Crippen molar-refractivity contribution in [3.63, 3.8) is 0 Å². The summed E-state index contributed by atoms with van der Waals surface area (Å²) in [5, 5.41) is 21.7. The number of aliphatic hydroxyl groups is 2. The maximum atomic E-state index is 10.6. The van der Waals surface area contributed by atoms with Gasteiger partial charge in [-0.1, -0.05) is 49.3 Å². The molecule has 1 heterocycles. The molecule has 2 atom stereocenters. The van der Waals surface area contributed by atoms with Gasteiger partial charge in [0.1, 0.15) is 30.8 Å². The number of aliphatic hydroxyl groups excluding tert-OH is 2. The summed E-state index contributed by atoms with van der Waals surface area (Å²) in [5.74, 6) is 3.80. The zero-order valence-corrected chi connectivity index (χ0v) is 37.0. The van der Waals surface area contributed by atoms with E-state index in [9.17, 15) is 18.3 Å². The van der Waals surface area contributed by atoms with Gasteiger partial charge in [0.25, 0.3) is 10.1 Å². The van der Waals surface area contributed by atoms with Crippen molar-refractivity contribution in [2.45, 2.75) is 106 Å². The first kappa shape index (κ1) is 52.3. The van der Waals surface area contributed by atoms with Crippen molar-refractivity contribution < 1.29 is 41.8 Å². The van der Waals surface area contributed by atoms with Crippen molar-refractivity contribution in [2.24, 2.45) is 5.92 Å². The lowest BCUT2D eigenvalue weighted by Gasteiger charge is -2.18. The molecule has 0 saturated carbocycles. The summed E-state index contributed by atoms with van der Waals surface area (Å²) >= 11 is 0. The van der Waals surface area contributed by atoms with Crippen LogP contribution in [-0.4, -0.2) is 105 Å². The third kappa shape index (κ3) is 27.0. The number of terminal acetylenes is 1. The highest BCUT2D eigenvalue weighted by Gasteiger charge is 2.29. The molecule has 3 N–H and O–H groups in total. The fourth-order valence-electron chi connectivity index (χ4n) is 4.56. The Balaban J connectivity index is 0.000000970. The van der Waals surface area contributed by atoms with Gasteiger partial charge in [0.05, 0.1) is 25.1 Å². The number of carbonyl (C=O) groups is 1. The number of carbonyl (C=O) groups excluding carboxylic acids is 1. The van der Waals surface area contributed by atoms with Crippen LogP contribution >= 0.6 is 0 Å². The predicted molar refractivity (Wildman–Crippen MR) is 228 cm³/mol. The molecule has 316 valence electrons. The minimum atomic E-state index is -3.28. The van der Waals surface area contributed by atoms with Gasteiger partial charge in [0, 0.05) is 36.7 Å². The summed E-state index contributed by atoms with van der Waals surface area (Å²) in [6.45, 7) is 30.7. The molecule has 1 saturated heterocycles. The van der Waals surface area contributed by atoms with Crippen LogP contribution in [0.25, 0.3) is 5.57 Å². The summed E-state index contributed by atoms with van der Waals surface area (Å²) in [5.41, 5.74) is 4.20. The van der Waals surface area contributed by atoms with E-state index in [4.69, 9.17) is 25.7 Å². The zero-order chi connectivity index (χ0) is 43.3. The topological polar surface area (TPSA) is 144 Å². The Bertz CT molecular complexity index is 1620. The Kier molecular flexibility index (Phi) is 23.2. The summed E-state index contributed by atoms with van der Waals surface area (Å²) in [6.07, 6.45) is 6.69. The largest absolute Gasteiger partial charge is 0.493 e. The number of ether oxygens (including phenoxy) is 3. The first-order valence-electron chi connectivity index (χ1n) is 18.8. The second kappa shape index (κ2) is 24.8. The Morgan fingerprint density at radius 2 is 1.38 bits per heavy atom. The van der Waals surface area contributed by atoms with Crippen LogP contribution in [0.5, 0.6) is 11.5 Å². The third-order valence-electron chi connectivity index (χ3n) is 7.05. The normalized spacial score (nSPS) is 13.7. The molecule has 1 aliphatic rings. The second-order valence-electron chi connectivity index (χ2n) is 16.7. The Morgan fingerprint density at radius 3 is 1.64 bits per heavy atom. The van der Waals surface area contributed by atoms with Gasteiger partial charge in [-0.25, -0.2) is 0 Å². The highest BCUT2D eigenvalue weighted by Crippen LogP contribution is 2.30. The standard InChI is InChI=1S/C26H32O5.C7H13NO.C6H13N.C5H12O3S/c1-5-14-29-17-23(28)18-31-25-12-8-22(9-13-25)26(19(2)3)21-6-10-24(11-7-21)30-16-20(4)15-27;1-5-6(9)8-7(2,3)4;1-6(2,3)7-4-5-7;1-5(2,3)8-9(4,6)7/h1,6-13,20,23,27-28H,14-18H2,2-4H3;5H,1H2,2-4H3,(H,8,9);4-5H2,1-3H3;1-4H3. The highest BCUT2D eigenvalue weighted by molar-refractivity contribution is 7.86. The molecule has 0 bridgehead atoms. The molecule has 1 aliphatic heterocycles. The first-order valence-corrected chi connectivity index (χ1v) is 20.6. The summed E-state index contributed by atoms with van der Waals surface area (Å²) in [4.78, 5) is 13.0. The second-order valence-corrected chi connectivity index (χ2v) is 18.3. The quantitative estimate of drug-likeness (QED) is 0.0609. The molecule has 2 aromatic rings. The number of benzene rings is 2. The van der Waals surface area contributed by atoms with Crippen LogP contribution in [0, 0.1) is 18.3 Å². The molecule has 56 heavy (non-hydrogen) atoms. The van der Waals surface area contributed by atoms with E-state index in [0.717, 1.165) is 28.7 Å². The van der Waals surface area contributed by atoms with Crippen molar-refractivity contribution in [1.82, 2.24) is 10.2 Å². The van der Waals surface area contributed by atoms with Crippen LogP contribution in [0.15, 0.2) is 66.8 Å². The third-order valence-corrected chi connectivity index (χ3v) is 7.85. The monoisotopic (exact) mass is 802 g/mol. The molecular formula is C44H70N2O9S. The van der Waals surface area contributed by atoms with Crippen molar-refractivity contribution in [3.05, 3.63) is 77.9 Å². The van der Waals surface area contributed by atoms with E-state index in [1.54, 1.807) is 20.8 Å². The maximum absolute atomic E-state index is 10.6. The van der Waals surface area contributed by atoms with Gasteiger partial charge in [0.15, 0.2) is 0 Å². The van der Waals surface area contributed by atoms with E-state index in [1.165, 1.54) is 24.7 Å². The average molecular weight is 803 g/mol. The zero-order valence-electron chi connectivity index (χ0n) is 36.2. The van der Waals surface area contributed by atoms with E-state index in [2.05, 4.69) is 61.5 Å². The van der Waals surface area contributed by atoms with Crippen LogP contribution in [0.2, 0.25) is 0 Å². The van der Waals surface area contributed by atoms with Gasteiger partial charge < -0.3 is 29.7 Å². The number of amides is 1. The number of rotatable bonds is 14.